The smallest absolute Gasteiger partial charge is 0.242 e. The molecule has 4 rings (SSSR count). The zero-order valence-electron chi connectivity index (χ0n) is 11.9. The van der Waals surface area contributed by atoms with E-state index in [0.717, 1.165) is 36.3 Å². The SMILES string of the molecule is COC1CCC2(C1)SC(=N[C@H]1C[C@@H]3CCC1C3)NC2=O. The van der Waals surface area contributed by atoms with E-state index in [2.05, 4.69) is 5.32 Å². The number of hydrogen-bond donors (Lipinski definition) is 1. The molecule has 1 N–H and O–H groups in total. The molecule has 3 aliphatic carbocycles. The molecule has 4 aliphatic rings. The molecule has 3 saturated carbocycles. The van der Waals surface area contributed by atoms with Crippen molar-refractivity contribution in [3.8, 4) is 0 Å². The number of rotatable bonds is 2. The minimum absolute atomic E-state index is 0.156. The molecule has 0 aromatic heterocycles. The lowest BCUT2D eigenvalue weighted by atomic mass is 9.96. The van der Waals surface area contributed by atoms with Gasteiger partial charge in [-0.3, -0.25) is 9.79 Å². The summed E-state index contributed by atoms with van der Waals surface area (Å²) in [6.45, 7) is 0. The van der Waals surface area contributed by atoms with Crippen molar-refractivity contribution in [1.82, 2.24) is 5.32 Å². The van der Waals surface area contributed by atoms with Crippen LogP contribution in [0.1, 0.15) is 44.9 Å². The number of nitrogens with zero attached hydrogens (tertiary/aromatic N) is 1. The number of amides is 1. The normalized spacial score (nSPS) is 48.6. The summed E-state index contributed by atoms with van der Waals surface area (Å²) in [5.74, 6) is 1.83. The number of aliphatic imine (C=N–C) groups is 1. The number of methoxy groups -OCH3 is 1. The van der Waals surface area contributed by atoms with Crippen LogP contribution in [0.15, 0.2) is 4.99 Å². The first kappa shape index (κ1) is 13.1. The quantitative estimate of drug-likeness (QED) is 0.850. The monoisotopic (exact) mass is 294 g/mol. The average molecular weight is 294 g/mol. The third-order valence-corrected chi connectivity index (χ3v) is 7.02. The molecule has 2 bridgehead atoms. The second-order valence-electron chi connectivity index (χ2n) is 6.83. The highest BCUT2D eigenvalue weighted by Crippen LogP contribution is 2.49. The Morgan fingerprint density at radius 3 is 2.90 bits per heavy atom. The zero-order chi connectivity index (χ0) is 13.7. The molecule has 3 unspecified atom stereocenters. The van der Waals surface area contributed by atoms with Crippen molar-refractivity contribution in [3.05, 3.63) is 0 Å². The van der Waals surface area contributed by atoms with Crippen molar-refractivity contribution in [2.24, 2.45) is 16.8 Å². The van der Waals surface area contributed by atoms with Crippen molar-refractivity contribution < 1.29 is 9.53 Å². The van der Waals surface area contributed by atoms with Gasteiger partial charge in [0.05, 0.1) is 12.1 Å². The van der Waals surface area contributed by atoms with Crippen LogP contribution < -0.4 is 5.32 Å². The van der Waals surface area contributed by atoms with E-state index in [4.69, 9.17) is 9.73 Å². The van der Waals surface area contributed by atoms with Gasteiger partial charge < -0.3 is 10.1 Å². The summed E-state index contributed by atoms with van der Waals surface area (Å²) >= 11 is 1.67. The van der Waals surface area contributed by atoms with Crippen molar-refractivity contribution in [3.63, 3.8) is 0 Å². The Bertz CT molecular complexity index is 467. The van der Waals surface area contributed by atoms with Crippen LogP contribution in [0.5, 0.6) is 0 Å². The van der Waals surface area contributed by atoms with E-state index in [1.807, 2.05) is 0 Å². The van der Waals surface area contributed by atoms with E-state index in [9.17, 15) is 4.79 Å². The molecule has 1 amide bonds. The van der Waals surface area contributed by atoms with Crippen LogP contribution in [0.25, 0.3) is 0 Å². The Kier molecular flexibility index (Phi) is 3.11. The van der Waals surface area contributed by atoms with Gasteiger partial charge in [0.25, 0.3) is 0 Å². The fourth-order valence-corrected chi connectivity index (χ4v) is 5.85. The second-order valence-corrected chi connectivity index (χ2v) is 8.20. The topological polar surface area (TPSA) is 50.7 Å². The molecule has 0 radical (unpaired) electrons. The number of fused-ring (bicyclic) bond motifs is 2. The number of nitrogens with one attached hydrogen (secondary N) is 1. The summed E-state index contributed by atoms with van der Waals surface area (Å²) in [5.41, 5.74) is 0. The van der Waals surface area contributed by atoms with Crippen molar-refractivity contribution in [2.75, 3.05) is 7.11 Å². The van der Waals surface area contributed by atoms with Gasteiger partial charge in [-0.05, 0) is 50.4 Å². The maximum Gasteiger partial charge on any atom is 0.242 e. The first-order chi connectivity index (χ1) is 9.68. The lowest BCUT2D eigenvalue weighted by Crippen LogP contribution is -2.35. The molecule has 20 heavy (non-hydrogen) atoms. The van der Waals surface area contributed by atoms with E-state index in [0.29, 0.717) is 6.04 Å². The largest absolute Gasteiger partial charge is 0.381 e. The fraction of sp³-hybridized carbons (Fsp3) is 0.867. The van der Waals surface area contributed by atoms with E-state index < -0.39 is 0 Å². The van der Waals surface area contributed by atoms with Crippen LogP contribution in [0.3, 0.4) is 0 Å². The lowest BCUT2D eigenvalue weighted by Gasteiger charge is -2.18. The molecular formula is C15H22N2O2S. The molecule has 1 aliphatic heterocycles. The highest BCUT2D eigenvalue weighted by molar-refractivity contribution is 8.16. The van der Waals surface area contributed by atoms with Gasteiger partial charge in [-0.1, -0.05) is 18.2 Å². The van der Waals surface area contributed by atoms with Crippen molar-refractivity contribution >= 4 is 22.8 Å². The molecule has 5 heteroatoms. The summed E-state index contributed by atoms with van der Waals surface area (Å²) in [5, 5.41) is 3.92. The lowest BCUT2D eigenvalue weighted by molar-refractivity contribution is -0.121. The van der Waals surface area contributed by atoms with Gasteiger partial charge in [-0.25, -0.2) is 0 Å². The van der Waals surface area contributed by atoms with Gasteiger partial charge in [-0.15, -0.1) is 0 Å². The molecule has 1 heterocycles. The third-order valence-electron chi connectivity index (χ3n) is 5.67. The number of carbonyl (C=O) groups excluding carboxylic acids is 1. The number of thioether (sulfide) groups is 1. The molecule has 0 aromatic carbocycles. The molecule has 4 fully saturated rings. The van der Waals surface area contributed by atoms with E-state index in [-0.39, 0.29) is 16.8 Å². The summed E-state index contributed by atoms with van der Waals surface area (Å²) in [4.78, 5) is 17.2. The van der Waals surface area contributed by atoms with E-state index in [1.54, 1.807) is 18.9 Å². The molecular weight excluding hydrogens is 272 g/mol. The minimum atomic E-state index is -0.295. The first-order valence-corrected chi connectivity index (χ1v) is 8.61. The van der Waals surface area contributed by atoms with E-state index in [1.165, 1.54) is 25.7 Å². The standard InChI is InChI=1S/C15H22N2O2S/c1-19-11-4-5-15(8-11)13(18)17-14(20-15)16-12-7-9-2-3-10(12)6-9/h9-12H,2-8H2,1H3,(H,16,17,18)/t9-,10?,11?,12+,15?/m1/s1. The maximum atomic E-state index is 12.3. The summed E-state index contributed by atoms with van der Waals surface area (Å²) in [6, 6.07) is 0.464. The van der Waals surface area contributed by atoms with Gasteiger partial charge in [-0.2, -0.15) is 0 Å². The summed E-state index contributed by atoms with van der Waals surface area (Å²) in [6.07, 6.45) is 8.28. The Balaban J connectivity index is 1.48. The van der Waals surface area contributed by atoms with Gasteiger partial charge in [0, 0.05) is 7.11 Å². The highest BCUT2D eigenvalue weighted by Gasteiger charge is 2.52. The molecule has 4 nitrogen and oxygen atoms in total. The van der Waals surface area contributed by atoms with Gasteiger partial charge in [0.2, 0.25) is 5.91 Å². The van der Waals surface area contributed by atoms with Crippen LogP contribution >= 0.6 is 11.8 Å². The van der Waals surface area contributed by atoms with Gasteiger partial charge >= 0.3 is 0 Å². The van der Waals surface area contributed by atoms with Crippen molar-refractivity contribution in [1.29, 1.82) is 0 Å². The first-order valence-electron chi connectivity index (χ1n) is 7.79. The highest BCUT2D eigenvalue weighted by atomic mass is 32.2. The number of carbonyl (C=O) groups is 1. The van der Waals surface area contributed by atoms with Crippen LogP contribution in [0.2, 0.25) is 0 Å². The van der Waals surface area contributed by atoms with Gasteiger partial charge in [0.1, 0.15) is 4.75 Å². The van der Waals surface area contributed by atoms with Crippen LogP contribution in [0.4, 0.5) is 0 Å². The summed E-state index contributed by atoms with van der Waals surface area (Å²) < 4.78 is 5.13. The molecule has 5 atom stereocenters. The fourth-order valence-electron chi connectivity index (χ4n) is 4.51. The zero-order valence-corrected chi connectivity index (χ0v) is 12.7. The second kappa shape index (κ2) is 4.73. The summed E-state index contributed by atoms with van der Waals surface area (Å²) in [7, 11) is 1.74. The number of amidine groups is 1. The molecule has 0 aromatic rings. The predicted octanol–water partition coefficient (Wildman–Crippen LogP) is 2.33. The number of hydrogen-bond acceptors (Lipinski definition) is 4. The number of ether oxygens (including phenoxy) is 1. The van der Waals surface area contributed by atoms with Crippen LogP contribution in [-0.4, -0.2) is 35.1 Å². The minimum Gasteiger partial charge on any atom is -0.381 e. The third kappa shape index (κ3) is 2.01. The van der Waals surface area contributed by atoms with Crippen molar-refractivity contribution in [2.45, 2.75) is 61.8 Å². The molecule has 110 valence electrons. The Morgan fingerprint density at radius 1 is 1.35 bits per heavy atom. The Hall–Kier alpha value is -0.550. The van der Waals surface area contributed by atoms with Crippen LogP contribution in [0, 0.1) is 11.8 Å². The molecule has 1 spiro atoms. The average Bonchev–Trinajstić information content (AvgIpc) is 3.16. The Labute approximate surface area is 124 Å². The van der Waals surface area contributed by atoms with Crippen LogP contribution in [-0.2, 0) is 9.53 Å². The predicted molar refractivity (Wildman–Crippen MR) is 79.8 cm³/mol. The molecule has 1 saturated heterocycles. The Morgan fingerprint density at radius 2 is 2.25 bits per heavy atom. The van der Waals surface area contributed by atoms with E-state index >= 15 is 0 Å². The maximum absolute atomic E-state index is 12.3. The van der Waals surface area contributed by atoms with Gasteiger partial charge in [0.15, 0.2) is 5.17 Å².